The van der Waals surface area contributed by atoms with Gasteiger partial charge in [-0.25, -0.2) is 4.98 Å². The Hall–Kier alpha value is -3.02. The largest absolute Gasteiger partial charge is 0.352 e. The molecule has 2 rings (SSSR count). The number of nitrogens with one attached hydrogen (secondary N) is 2. The van der Waals surface area contributed by atoms with Crippen molar-refractivity contribution in [3.05, 3.63) is 59.3 Å². The second-order valence-electron chi connectivity index (χ2n) is 5.24. The molecule has 0 aliphatic heterocycles. The summed E-state index contributed by atoms with van der Waals surface area (Å²) < 4.78 is 0. The summed E-state index contributed by atoms with van der Waals surface area (Å²) in [5.74, 6) is 0.445. The summed E-state index contributed by atoms with van der Waals surface area (Å²) in [5, 5.41) is 6.92. The van der Waals surface area contributed by atoms with E-state index < -0.39 is 0 Å². The van der Waals surface area contributed by atoms with Crippen LogP contribution in [0.25, 0.3) is 0 Å². The summed E-state index contributed by atoms with van der Waals surface area (Å²) in [4.78, 5) is 27.1. The van der Waals surface area contributed by atoms with Gasteiger partial charge in [0.2, 0.25) is 0 Å². The second kappa shape index (κ2) is 8.57. The number of amides is 1. The molecule has 0 radical (unpaired) electrons. The lowest BCUT2D eigenvalue weighted by atomic mass is 10.1. The van der Waals surface area contributed by atoms with Crippen molar-refractivity contribution in [2.45, 2.75) is 20.3 Å². The lowest BCUT2D eigenvalue weighted by molar-refractivity contribution is 0.0952. The summed E-state index contributed by atoms with van der Waals surface area (Å²) >= 11 is 0. The Morgan fingerprint density at radius 3 is 2.42 bits per heavy atom. The molecule has 24 heavy (non-hydrogen) atoms. The van der Waals surface area contributed by atoms with Crippen LogP contribution in [0.4, 0.5) is 5.82 Å². The number of aromatic nitrogens is 1. The minimum atomic E-state index is -0.0757. The molecule has 0 fully saturated rings. The summed E-state index contributed by atoms with van der Waals surface area (Å²) in [6, 6.07) is 10.5. The molecule has 0 bridgehead atoms. The van der Waals surface area contributed by atoms with Crippen LogP contribution in [-0.2, 0) is 0 Å². The molecular weight excluding hydrogens is 304 g/mol. The van der Waals surface area contributed by atoms with Crippen LogP contribution in [0.3, 0.4) is 0 Å². The van der Waals surface area contributed by atoms with Gasteiger partial charge in [-0.05, 0) is 43.2 Å². The van der Waals surface area contributed by atoms with E-state index >= 15 is 0 Å². The highest BCUT2D eigenvalue weighted by molar-refractivity contribution is 5.95. The van der Waals surface area contributed by atoms with Crippen LogP contribution in [0.15, 0.2) is 47.7 Å². The van der Waals surface area contributed by atoms with E-state index in [-0.39, 0.29) is 11.7 Å². The van der Waals surface area contributed by atoms with Crippen LogP contribution in [0, 0.1) is 0 Å². The fraction of sp³-hybridized carbons (Fsp3) is 0.222. The Labute approximate surface area is 141 Å². The van der Waals surface area contributed by atoms with Crippen LogP contribution in [0.2, 0.25) is 0 Å². The second-order valence-corrected chi connectivity index (χ2v) is 5.24. The van der Waals surface area contributed by atoms with E-state index in [2.05, 4.69) is 20.8 Å². The van der Waals surface area contributed by atoms with Crippen molar-refractivity contribution < 1.29 is 9.59 Å². The molecule has 0 aliphatic carbocycles. The predicted molar refractivity (Wildman–Crippen MR) is 94.5 cm³/mol. The van der Waals surface area contributed by atoms with Gasteiger partial charge in [0.25, 0.3) is 5.91 Å². The fourth-order valence-electron chi connectivity index (χ4n) is 1.90. The highest BCUT2D eigenvalue weighted by atomic mass is 16.1. The van der Waals surface area contributed by atoms with Crippen LogP contribution in [-0.4, -0.2) is 29.4 Å². The maximum Gasteiger partial charge on any atom is 0.251 e. The summed E-state index contributed by atoms with van der Waals surface area (Å²) in [6.45, 7) is 4.17. The first-order chi connectivity index (χ1) is 11.6. The number of rotatable bonds is 7. The Morgan fingerprint density at radius 2 is 1.83 bits per heavy atom. The minimum absolute atomic E-state index is 0.0272. The number of Topliss-reactive ketones (excluding diaryl/α,β-unsaturated/α-hetero) is 1. The summed E-state index contributed by atoms with van der Waals surface area (Å²) in [5.41, 5.74) is 4.83. The third kappa shape index (κ3) is 5.01. The molecule has 6 nitrogen and oxygen atoms in total. The molecular formula is C18H20N4O2. The SMILES string of the molecule is CCCNC(=O)c1ccc(/C=N/Nc2ccc(C(C)=O)cn2)cc1. The first kappa shape index (κ1) is 17.3. The van der Waals surface area contributed by atoms with E-state index in [1.807, 2.05) is 19.1 Å². The lowest BCUT2D eigenvalue weighted by Crippen LogP contribution is -2.23. The number of hydrazone groups is 1. The molecule has 124 valence electrons. The summed E-state index contributed by atoms with van der Waals surface area (Å²) in [6.07, 6.45) is 4.04. The van der Waals surface area contributed by atoms with Gasteiger partial charge in [0.1, 0.15) is 5.82 Å². The first-order valence-corrected chi connectivity index (χ1v) is 7.74. The molecule has 0 saturated heterocycles. The van der Waals surface area contributed by atoms with E-state index in [1.54, 1.807) is 30.5 Å². The average Bonchev–Trinajstić information content (AvgIpc) is 2.60. The molecule has 0 atom stereocenters. The highest BCUT2D eigenvalue weighted by Gasteiger charge is 2.03. The standard InChI is InChI=1S/C18H20N4O2/c1-3-10-19-18(24)15-6-4-14(5-7-15)11-21-22-17-9-8-16(12-20-17)13(2)23/h4-9,11-12H,3,10H2,1-2H3,(H,19,24)(H,20,22)/b21-11+. The van der Waals surface area contributed by atoms with Crippen molar-refractivity contribution >= 4 is 23.7 Å². The minimum Gasteiger partial charge on any atom is -0.352 e. The molecule has 0 unspecified atom stereocenters. The van der Waals surface area contributed by atoms with Crippen LogP contribution < -0.4 is 10.7 Å². The number of carbonyl (C=O) groups is 2. The zero-order chi connectivity index (χ0) is 17.4. The smallest absolute Gasteiger partial charge is 0.251 e. The Morgan fingerprint density at radius 1 is 1.12 bits per heavy atom. The summed E-state index contributed by atoms with van der Waals surface area (Å²) in [7, 11) is 0. The number of nitrogens with zero attached hydrogens (tertiary/aromatic N) is 2. The van der Waals surface area contributed by atoms with Gasteiger partial charge in [-0.15, -0.1) is 0 Å². The Bertz CT molecular complexity index is 722. The monoisotopic (exact) mass is 324 g/mol. The number of hydrogen-bond donors (Lipinski definition) is 2. The predicted octanol–water partition coefficient (Wildman–Crippen LogP) is 2.87. The van der Waals surface area contributed by atoms with E-state index in [0.29, 0.717) is 23.5 Å². The maximum absolute atomic E-state index is 11.8. The van der Waals surface area contributed by atoms with Gasteiger partial charge in [0, 0.05) is 23.9 Å². The quantitative estimate of drug-likeness (QED) is 0.466. The number of pyridine rings is 1. The van der Waals surface area contributed by atoms with E-state index in [4.69, 9.17) is 0 Å². The normalized spacial score (nSPS) is 10.6. The van der Waals surface area contributed by atoms with Gasteiger partial charge in [0.15, 0.2) is 5.78 Å². The zero-order valence-corrected chi connectivity index (χ0v) is 13.7. The number of hydrogen-bond acceptors (Lipinski definition) is 5. The van der Waals surface area contributed by atoms with E-state index in [9.17, 15) is 9.59 Å². The van der Waals surface area contributed by atoms with Gasteiger partial charge < -0.3 is 5.32 Å². The third-order valence-electron chi connectivity index (χ3n) is 3.27. The number of anilines is 1. The highest BCUT2D eigenvalue weighted by Crippen LogP contribution is 2.06. The zero-order valence-electron chi connectivity index (χ0n) is 13.7. The van der Waals surface area contributed by atoms with Crippen molar-refractivity contribution in [2.75, 3.05) is 12.0 Å². The van der Waals surface area contributed by atoms with Crippen molar-refractivity contribution in [2.24, 2.45) is 5.10 Å². The molecule has 6 heteroatoms. The first-order valence-electron chi connectivity index (χ1n) is 7.74. The fourth-order valence-corrected chi connectivity index (χ4v) is 1.90. The molecule has 1 heterocycles. The van der Waals surface area contributed by atoms with Gasteiger partial charge in [-0.1, -0.05) is 19.1 Å². The number of ketones is 1. The molecule has 0 aliphatic rings. The van der Waals surface area contributed by atoms with Crippen LogP contribution in [0.5, 0.6) is 0 Å². The van der Waals surface area contributed by atoms with E-state index in [0.717, 1.165) is 12.0 Å². The average molecular weight is 324 g/mol. The van der Waals surface area contributed by atoms with Crippen molar-refractivity contribution in [3.63, 3.8) is 0 Å². The molecule has 0 saturated carbocycles. The van der Waals surface area contributed by atoms with Gasteiger partial charge >= 0.3 is 0 Å². The molecule has 1 aromatic carbocycles. The topological polar surface area (TPSA) is 83.5 Å². The Kier molecular flexibility index (Phi) is 6.19. The van der Waals surface area contributed by atoms with Gasteiger partial charge in [-0.2, -0.15) is 5.10 Å². The third-order valence-corrected chi connectivity index (χ3v) is 3.27. The molecule has 1 aromatic heterocycles. The molecule has 2 aromatic rings. The maximum atomic E-state index is 11.8. The van der Waals surface area contributed by atoms with Crippen molar-refractivity contribution in [3.8, 4) is 0 Å². The molecule has 2 N–H and O–H groups in total. The molecule has 0 spiro atoms. The number of benzene rings is 1. The molecule has 1 amide bonds. The van der Waals surface area contributed by atoms with Gasteiger partial charge in [0.05, 0.1) is 6.21 Å². The Balaban J connectivity index is 1.92. The van der Waals surface area contributed by atoms with Crippen LogP contribution in [0.1, 0.15) is 46.5 Å². The van der Waals surface area contributed by atoms with Crippen LogP contribution >= 0.6 is 0 Å². The van der Waals surface area contributed by atoms with E-state index in [1.165, 1.54) is 13.1 Å². The van der Waals surface area contributed by atoms with Crippen molar-refractivity contribution in [1.82, 2.24) is 10.3 Å². The number of carbonyl (C=O) groups excluding carboxylic acids is 2. The lowest BCUT2D eigenvalue weighted by Gasteiger charge is -2.03. The van der Waals surface area contributed by atoms with Crippen molar-refractivity contribution in [1.29, 1.82) is 0 Å². The van der Waals surface area contributed by atoms with Gasteiger partial charge in [-0.3, -0.25) is 15.0 Å².